The summed E-state index contributed by atoms with van der Waals surface area (Å²) < 4.78 is 0. The number of likely N-dealkylation sites (N-methyl/N-ethyl adjacent to an activating group) is 1. The summed E-state index contributed by atoms with van der Waals surface area (Å²) in [5.41, 5.74) is 1.25. The standard InChI is InChI=1S/C19H28ClN3O/c1-21(2)10-11-22-8-3-9-23(13-12-22)19(24)18-14-17(18)15-4-6-16(20)7-5-15/h4-7,17-18H,3,8-14H2,1-2H3/t17-,18-/m0/s1. The maximum atomic E-state index is 12.8. The molecule has 3 rings (SSSR count). The summed E-state index contributed by atoms with van der Waals surface area (Å²) in [5, 5.41) is 0.757. The molecule has 1 aliphatic heterocycles. The number of halogens is 1. The molecule has 1 aromatic rings. The van der Waals surface area contributed by atoms with Gasteiger partial charge in [0.1, 0.15) is 0 Å². The first kappa shape index (κ1) is 17.7. The second-order valence-electron chi connectivity index (χ2n) is 7.32. The summed E-state index contributed by atoms with van der Waals surface area (Å²) in [6.07, 6.45) is 2.07. The molecule has 1 aromatic carbocycles. The third-order valence-corrected chi connectivity index (χ3v) is 5.42. The fourth-order valence-electron chi connectivity index (χ4n) is 3.54. The Morgan fingerprint density at radius 2 is 1.92 bits per heavy atom. The molecule has 1 amide bonds. The molecule has 1 saturated heterocycles. The molecule has 0 spiro atoms. The van der Waals surface area contributed by atoms with Crippen LogP contribution in [0.2, 0.25) is 5.02 Å². The molecule has 0 bridgehead atoms. The molecule has 2 aliphatic rings. The fraction of sp³-hybridized carbons (Fsp3) is 0.632. The third-order valence-electron chi connectivity index (χ3n) is 5.17. The van der Waals surface area contributed by atoms with Crippen molar-refractivity contribution in [3.8, 4) is 0 Å². The van der Waals surface area contributed by atoms with Crippen molar-refractivity contribution in [2.75, 3.05) is 53.4 Å². The van der Waals surface area contributed by atoms with Gasteiger partial charge in [-0.05, 0) is 57.1 Å². The van der Waals surface area contributed by atoms with Gasteiger partial charge in [0, 0.05) is 43.7 Å². The Kier molecular flexibility index (Phi) is 5.80. The van der Waals surface area contributed by atoms with E-state index in [-0.39, 0.29) is 5.92 Å². The number of rotatable bonds is 5. The minimum Gasteiger partial charge on any atom is -0.341 e. The molecule has 0 radical (unpaired) electrons. The van der Waals surface area contributed by atoms with Crippen LogP contribution in [0.3, 0.4) is 0 Å². The van der Waals surface area contributed by atoms with Crippen LogP contribution in [0.5, 0.6) is 0 Å². The first-order chi connectivity index (χ1) is 11.5. The van der Waals surface area contributed by atoms with Crippen molar-refractivity contribution in [1.29, 1.82) is 0 Å². The average molecular weight is 350 g/mol. The lowest BCUT2D eigenvalue weighted by molar-refractivity contribution is -0.132. The summed E-state index contributed by atoms with van der Waals surface area (Å²) in [4.78, 5) is 19.6. The molecule has 5 heteroatoms. The Balaban J connectivity index is 1.50. The van der Waals surface area contributed by atoms with Gasteiger partial charge in [0.05, 0.1) is 0 Å². The molecule has 0 aromatic heterocycles. The molecule has 1 saturated carbocycles. The van der Waals surface area contributed by atoms with E-state index in [1.54, 1.807) is 0 Å². The van der Waals surface area contributed by atoms with Crippen molar-refractivity contribution in [3.63, 3.8) is 0 Å². The van der Waals surface area contributed by atoms with E-state index in [0.29, 0.717) is 11.8 Å². The van der Waals surface area contributed by atoms with Crippen molar-refractivity contribution >= 4 is 17.5 Å². The van der Waals surface area contributed by atoms with Gasteiger partial charge in [0.25, 0.3) is 0 Å². The SMILES string of the molecule is CN(C)CCN1CCCN(C(=O)[C@H]2C[C@H]2c2ccc(Cl)cc2)CC1. The van der Waals surface area contributed by atoms with Gasteiger partial charge in [-0.2, -0.15) is 0 Å². The smallest absolute Gasteiger partial charge is 0.226 e. The van der Waals surface area contributed by atoms with Crippen molar-refractivity contribution < 1.29 is 4.79 Å². The molecule has 2 fully saturated rings. The predicted molar refractivity (Wildman–Crippen MR) is 98.5 cm³/mol. The highest BCUT2D eigenvalue weighted by atomic mass is 35.5. The second kappa shape index (κ2) is 7.85. The molecule has 2 atom stereocenters. The number of amides is 1. The number of carbonyl (C=O) groups is 1. The van der Waals surface area contributed by atoms with Gasteiger partial charge in [-0.3, -0.25) is 4.79 Å². The highest BCUT2D eigenvalue weighted by Gasteiger charge is 2.45. The molecule has 24 heavy (non-hydrogen) atoms. The summed E-state index contributed by atoms with van der Waals surface area (Å²) in [7, 11) is 4.22. The predicted octanol–water partition coefficient (Wildman–Crippen LogP) is 2.54. The summed E-state index contributed by atoms with van der Waals surface area (Å²) in [6, 6.07) is 7.97. The Labute approximate surface area is 150 Å². The molecular weight excluding hydrogens is 322 g/mol. The molecule has 1 heterocycles. The number of carbonyl (C=O) groups excluding carboxylic acids is 1. The first-order valence-electron chi connectivity index (χ1n) is 8.96. The topological polar surface area (TPSA) is 26.8 Å². The zero-order chi connectivity index (χ0) is 17.1. The van der Waals surface area contributed by atoms with E-state index in [0.717, 1.165) is 57.1 Å². The van der Waals surface area contributed by atoms with Crippen LogP contribution in [-0.4, -0.2) is 74.0 Å². The number of hydrogen-bond acceptors (Lipinski definition) is 3. The van der Waals surface area contributed by atoms with Crippen LogP contribution in [0, 0.1) is 5.92 Å². The van der Waals surface area contributed by atoms with Crippen molar-refractivity contribution in [3.05, 3.63) is 34.9 Å². The van der Waals surface area contributed by atoms with Crippen molar-refractivity contribution in [2.24, 2.45) is 5.92 Å². The van der Waals surface area contributed by atoms with Crippen LogP contribution in [0.25, 0.3) is 0 Å². The van der Waals surface area contributed by atoms with Gasteiger partial charge in [0.2, 0.25) is 5.91 Å². The van der Waals surface area contributed by atoms with Gasteiger partial charge in [-0.1, -0.05) is 23.7 Å². The largest absolute Gasteiger partial charge is 0.341 e. The van der Waals surface area contributed by atoms with Crippen LogP contribution in [0.4, 0.5) is 0 Å². The zero-order valence-corrected chi connectivity index (χ0v) is 15.5. The van der Waals surface area contributed by atoms with E-state index in [2.05, 4.69) is 40.9 Å². The van der Waals surface area contributed by atoms with E-state index in [9.17, 15) is 4.79 Å². The van der Waals surface area contributed by atoms with Crippen LogP contribution in [0.15, 0.2) is 24.3 Å². The zero-order valence-electron chi connectivity index (χ0n) is 14.7. The monoisotopic (exact) mass is 349 g/mol. The van der Waals surface area contributed by atoms with Crippen LogP contribution in [0.1, 0.15) is 24.3 Å². The van der Waals surface area contributed by atoms with Gasteiger partial charge in [-0.25, -0.2) is 0 Å². The normalized spacial score (nSPS) is 24.9. The Hall–Kier alpha value is -1.10. The van der Waals surface area contributed by atoms with E-state index >= 15 is 0 Å². The highest BCUT2D eigenvalue weighted by Crippen LogP contribution is 2.48. The molecule has 1 aliphatic carbocycles. The summed E-state index contributed by atoms with van der Waals surface area (Å²) in [5.74, 6) is 0.923. The first-order valence-corrected chi connectivity index (χ1v) is 9.34. The van der Waals surface area contributed by atoms with Crippen LogP contribution in [-0.2, 0) is 4.79 Å². The molecule has 4 nitrogen and oxygen atoms in total. The molecular formula is C19H28ClN3O. The van der Waals surface area contributed by atoms with Gasteiger partial charge < -0.3 is 14.7 Å². The van der Waals surface area contributed by atoms with Gasteiger partial charge >= 0.3 is 0 Å². The number of nitrogens with zero attached hydrogens (tertiary/aromatic N) is 3. The lowest BCUT2D eigenvalue weighted by Crippen LogP contribution is -2.37. The Morgan fingerprint density at radius 3 is 2.62 bits per heavy atom. The third kappa shape index (κ3) is 4.50. The van der Waals surface area contributed by atoms with Crippen molar-refractivity contribution in [1.82, 2.24) is 14.7 Å². The number of benzene rings is 1. The minimum atomic E-state index is 0.180. The quantitative estimate of drug-likeness (QED) is 0.817. The summed E-state index contributed by atoms with van der Waals surface area (Å²) in [6.45, 7) is 6.04. The van der Waals surface area contributed by atoms with E-state index < -0.39 is 0 Å². The minimum absolute atomic E-state index is 0.180. The molecule has 0 unspecified atom stereocenters. The Bertz CT molecular complexity index is 560. The molecule has 0 N–H and O–H groups in total. The van der Waals surface area contributed by atoms with Gasteiger partial charge in [-0.15, -0.1) is 0 Å². The Morgan fingerprint density at radius 1 is 1.17 bits per heavy atom. The lowest BCUT2D eigenvalue weighted by atomic mass is 10.1. The van der Waals surface area contributed by atoms with E-state index in [4.69, 9.17) is 11.6 Å². The van der Waals surface area contributed by atoms with Crippen LogP contribution < -0.4 is 0 Å². The van der Waals surface area contributed by atoms with E-state index in [1.807, 2.05) is 12.1 Å². The van der Waals surface area contributed by atoms with Crippen LogP contribution >= 0.6 is 11.6 Å². The lowest BCUT2D eigenvalue weighted by Gasteiger charge is -2.23. The van der Waals surface area contributed by atoms with Crippen molar-refractivity contribution in [2.45, 2.75) is 18.8 Å². The van der Waals surface area contributed by atoms with Gasteiger partial charge in [0.15, 0.2) is 0 Å². The molecule has 132 valence electrons. The maximum Gasteiger partial charge on any atom is 0.226 e. The van der Waals surface area contributed by atoms with E-state index in [1.165, 1.54) is 5.56 Å². The highest BCUT2D eigenvalue weighted by molar-refractivity contribution is 6.30. The maximum absolute atomic E-state index is 12.8. The second-order valence-corrected chi connectivity index (χ2v) is 7.76. The summed E-state index contributed by atoms with van der Waals surface area (Å²) >= 11 is 5.95. The fourth-order valence-corrected chi connectivity index (χ4v) is 3.66. The average Bonchev–Trinajstić information content (AvgIpc) is 3.37. The number of hydrogen-bond donors (Lipinski definition) is 0.